The van der Waals surface area contributed by atoms with E-state index in [1.54, 1.807) is 0 Å². The lowest BCUT2D eigenvalue weighted by Gasteiger charge is -2.19. The van der Waals surface area contributed by atoms with Gasteiger partial charge in [0.05, 0.1) is 22.3 Å². The van der Waals surface area contributed by atoms with E-state index in [9.17, 15) is 0 Å². The van der Waals surface area contributed by atoms with E-state index in [4.69, 9.17) is 14.4 Å². The number of benzene rings is 7. The maximum absolute atomic E-state index is 6.32. The largest absolute Gasteiger partial charge is 0.456 e. The van der Waals surface area contributed by atoms with Gasteiger partial charge in [0.15, 0.2) is 5.82 Å². The van der Waals surface area contributed by atoms with Gasteiger partial charge in [-0.1, -0.05) is 146 Å². The lowest BCUT2D eigenvalue weighted by Crippen LogP contribution is -2.06. The molecule has 0 radical (unpaired) electrons. The van der Waals surface area contributed by atoms with Gasteiger partial charge < -0.3 is 4.42 Å². The highest BCUT2D eigenvalue weighted by Gasteiger charge is 2.29. The molecule has 4 nitrogen and oxygen atoms in total. The van der Waals surface area contributed by atoms with Crippen molar-refractivity contribution in [3.63, 3.8) is 0 Å². The Kier molecular flexibility index (Phi) is 5.63. The molecule has 232 valence electrons. The minimum atomic E-state index is 0.672. The highest BCUT2D eigenvalue weighted by molar-refractivity contribution is 6.17. The van der Waals surface area contributed by atoms with Crippen molar-refractivity contribution in [2.24, 2.45) is 0 Å². The number of furan rings is 1. The van der Waals surface area contributed by atoms with Crippen LogP contribution in [0.15, 0.2) is 168 Å². The van der Waals surface area contributed by atoms with E-state index < -0.39 is 0 Å². The van der Waals surface area contributed by atoms with Gasteiger partial charge in [-0.3, -0.25) is 4.57 Å². The first-order valence-corrected chi connectivity index (χ1v) is 16.9. The third-order valence-corrected chi connectivity index (χ3v) is 10.2. The maximum Gasteiger partial charge on any atom is 0.162 e. The fourth-order valence-electron chi connectivity index (χ4n) is 8.09. The molecule has 4 heteroatoms. The Bertz CT molecular complexity index is 2990. The summed E-state index contributed by atoms with van der Waals surface area (Å²) in [7, 11) is 0. The van der Waals surface area contributed by atoms with Crippen molar-refractivity contribution in [1.82, 2.24) is 14.5 Å². The third kappa shape index (κ3) is 3.76. The van der Waals surface area contributed by atoms with E-state index in [0.717, 1.165) is 77.9 Å². The quantitative estimate of drug-likeness (QED) is 0.194. The van der Waals surface area contributed by atoms with Gasteiger partial charge in [-0.2, -0.15) is 0 Å². The molecule has 4 heterocycles. The third-order valence-electron chi connectivity index (χ3n) is 10.2. The van der Waals surface area contributed by atoms with Crippen LogP contribution in [-0.4, -0.2) is 14.5 Å². The topological polar surface area (TPSA) is 43.9 Å². The summed E-state index contributed by atoms with van der Waals surface area (Å²) in [6, 6.07) is 57.6. The van der Waals surface area contributed by atoms with Crippen molar-refractivity contribution in [1.29, 1.82) is 0 Å². The normalized spacial score (nSPS) is 12.0. The Balaban J connectivity index is 1.30. The van der Waals surface area contributed by atoms with E-state index in [1.165, 1.54) is 21.9 Å². The summed E-state index contributed by atoms with van der Waals surface area (Å²) in [5, 5.41) is 4.60. The Morgan fingerprint density at radius 2 is 1.02 bits per heavy atom. The first-order chi connectivity index (χ1) is 24.8. The molecule has 0 aliphatic carbocycles. The summed E-state index contributed by atoms with van der Waals surface area (Å²) in [6.07, 6.45) is 0. The van der Waals surface area contributed by atoms with Crippen LogP contribution in [0, 0.1) is 0 Å². The van der Waals surface area contributed by atoms with Crippen molar-refractivity contribution >= 4 is 43.7 Å². The molecule has 0 spiro atoms. The van der Waals surface area contributed by atoms with E-state index in [2.05, 4.69) is 150 Å². The number of nitrogens with zero attached hydrogens (tertiary/aromatic N) is 3. The van der Waals surface area contributed by atoms with Gasteiger partial charge in [-0.15, -0.1) is 0 Å². The molecule has 0 bridgehead atoms. The second kappa shape index (κ2) is 10.4. The van der Waals surface area contributed by atoms with E-state index in [-0.39, 0.29) is 0 Å². The molecular weight excluding hydrogens is 611 g/mol. The molecular formula is C46H27N3O. The van der Waals surface area contributed by atoms with E-state index >= 15 is 0 Å². The molecule has 0 amide bonds. The van der Waals surface area contributed by atoms with Gasteiger partial charge in [-0.05, 0) is 40.5 Å². The zero-order chi connectivity index (χ0) is 32.8. The summed E-state index contributed by atoms with van der Waals surface area (Å²) >= 11 is 0. The molecule has 50 heavy (non-hydrogen) atoms. The van der Waals surface area contributed by atoms with Crippen molar-refractivity contribution in [3.8, 4) is 61.8 Å². The summed E-state index contributed by atoms with van der Waals surface area (Å²) in [4.78, 5) is 11.1. The van der Waals surface area contributed by atoms with Crippen LogP contribution < -0.4 is 0 Å². The van der Waals surface area contributed by atoms with Crippen LogP contribution in [-0.2, 0) is 0 Å². The lowest BCUT2D eigenvalue weighted by molar-refractivity contribution is 0.669. The number of rotatable bonds is 3. The van der Waals surface area contributed by atoms with E-state index in [0.29, 0.717) is 5.82 Å². The van der Waals surface area contributed by atoms with Gasteiger partial charge >= 0.3 is 0 Å². The van der Waals surface area contributed by atoms with Crippen molar-refractivity contribution in [2.45, 2.75) is 0 Å². The van der Waals surface area contributed by atoms with Crippen LogP contribution >= 0.6 is 0 Å². The average molecular weight is 638 g/mol. The number of hydrogen-bond donors (Lipinski definition) is 0. The van der Waals surface area contributed by atoms with Crippen molar-refractivity contribution in [2.75, 3.05) is 0 Å². The smallest absolute Gasteiger partial charge is 0.162 e. The monoisotopic (exact) mass is 637 g/mol. The van der Waals surface area contributed by atoms with Crippen LogP contribution in [0.2, 0.25) is 0 Å². The lowest BCUT2D eigenvalue weighted by atomic mass is 9.91. The molecule has 0 atom stereocenters. The van der Waals surface area contributed by atoms with Gasteiger partial charge in [0.2, 0.25) is 0 Å². The minimum Gasteiger partial charge on any atom is -0.456 e. The molecule has 0 N–H and O–H groups in total. The highest BCUT2D eigenvalue weighted by atomic mass is 16.3. The summed E-state index contributed by atoms with van der Waals surface area (Å²) in [6.45, 7) is 0. The minimum absolute atomic E-state index is 0.672. The van der Waals surface area contributed by atoms with E-state index in [1.807, 2.05) is 18.2 Å². The first-order valence-electron chi connectivity index (χ1n) is 16.9. The molecule has 11 rings (SSSR count). The Labute approximate surface area is 287 Å². The molecule has 7 aromatic carbocycles. The summed E-state index contributed by atoms with van der Waals surface area (Å²) in [5.74, 6) is 1.55. The van der Waals surface area contributed by atoms with Crippen molar-refractivity contribution < 1.29 is 4.42 Å². The van der Waals surface area contributed by atoms with Gasteiger partial charge in [0.25, 0.3) is 0 Å². The Morgan fingerprint density at radius 3 is 1.88 bits per heavy atom. The SMILES string of the molecule is c1ccc(-c2nc(-c3ccccc3-c3cccc4oc5ccccc5c34)nc3c2-c2ccccc2-c2cccc4c5ccccc5n-3c24)cc1. The molecule has 1 aliphatic heterocycles. The van der Waals surface area contributed by atoms with Crippen LogP contribution in [0.5, 0.6) is 0 Å². The van der Waals surface area contributed by atoms with Gasteiger partial charge in [0, 0.05) is 38.2 Å². The fourth-order valence-corrected chi connectivity index (χ4v) is 8.09. The predicted molar refractivity (Wildman–Crippen MR) is 204 cm³/mol. The summed E-state index contributed by atoms with van der Waals surface area (Å²) < 4.78 is 8.70. The molecule has 10 aromatic rings. The number of fused-ring (bicyclic) bond motifs is 11. The zero-order valence-electron chi connectivity index (χ0n) is 26.8. The van der Waals surface area contributed by atoms with Crippen LogP contribution in [0.25, 0.3) is 106 Å². The zero-order valence-corrected chi connectivity index (χ0v) is 26.8. The second-order valence-corrected chi connectivity index (χ2v) is 12.9. The Hall–Kier alpha value is -6.78. The molecule has 1 aliphatic rings. The predicted octanol–water partition coefficient (Wildman–Crippen LogP) is 12.1. The van der Waals surface area contributed by atoms with Gasteiger partial charge in [-0.25, -0.2) is 9.97 Å². The number of hydrogen-bond acceptors (Lipinski definition) is 3. The van der Waals surface area contributed by atoms with Crippen LogP contribution in [0.4, 0.5) is 0 Å². The van der Waals surface area contributed by atoms with Crippen molar-refractivity contribution in [3.05, 3.63) is 164 Å². The first kappa shape index (κ1) is 27.2. The standard InChI is InChI=1S/C46H27N3O/c1-2-14-28(15-3-1)43-42-33-19-6-4-16-29(33)34-23-12-24-35-31-18-8-10-25-38(31)49(44(34)35)46(42)48-45(47-43)36-20-7-5-17-30(36)32-22-13-27-40-41(32)37-21-9-11-26-39(37)50-40/h1-27H. The second-order valence-electron chi connectivity index (χ2n) is 12.9. The molecule has 3 aromatic heterocycles. The molecule has 0 fully saturated rings. The Morgan fingerprint density at radius 1 is 0.420 bits per heavy atom. The molecule has 0 saturated heterocycles. The highest BCUT2D eigenvalue weighted by Crippen LogP contribution is 2.49. The fraction of sp³-hybridized carbons (Fsp3) is 0. The summed E-state index contributed by atoms with van der Waals surface area (Å²) in [5.41, 5.74) is 13.6. The van der Waals surface area contributed by atoms with Gasteiger partial charge in [0.1, 0.15) is 17.0 Å². The average Bonchev–Trinajstić information content (AvgIpc) is 3.70. The maximum atomic E-state index is 6.32. The number of para-hydroxylation sites is 3. The van der Waals surface area contributed by atoms with Crippen LogP contribution in [0.3, 0.4) is 0 Å². The molecule has 0 unspecified atom stereocenters. The number of aromatic nitrogens is 3. The van der Waals surface area contributed by atoms with Crippen LogP contribution in [0.1, 0.15) is 0 Å². The molecule has 0 saturated carbocycles.